The zero-order valence-electron chi connectivity index (χ0n) is 5.93. The molecule has 11 heavy (non-hydrogen) atoms. The summed E-state index contributed by atoms with van der Waals surface area (Å²) in [4.78, 5) is 10.0. The average molecular weight is 155 g/mol. The molecule has 0 aromatic heterocycles. The summed E-state index contributed by atoms with van der Waals surface area (Å²) in [6.07, 6.45) is 6.69. The Labute approximate surface area is 64.0 Å². The van der Waals surface area contributed by atoms with Gasteiger partial charge in [0.05, 0.1) is 0 Å². The van der Waals surface area contributed by atoms with Crippen LogP contribution in [-0.4, -0.2) is 22.2 Å². The lowest BCUT2D eigenvalue weighted by atomic mass is 9.93. The third kappa shape index (κ3) is 1.30. The fourth-order valence-corrected chi connectivity index (χ4v) is 0.964. The number of hydrogen-bond donors (Lipinski definition) is 1. The Hall–Kier alpha value is -1.16. The summed E-state index contributed by atoms with van der Waals surface area (Å²) < 4.78 is 0. The lowest BCUT2D eigenvalue weighted by Gasteiger charge is -2.18. The van der Waals surface area contributed by atoms with Gasteiger partial charge in [-0.05, 0) is 6.08 Å². The second kappa shape index (κ2) is 2.84. The molecule has 4 nitrogen and oxygen atoms in total. The molecule has 0 aromatic carbocycles. The maximum absolute atomic E-state index is 10.5. The van der Waals surface area contributed by atoms with Gasteiger partial charge in [0.15, 0.2) is 0 Å². The van der Waals surface area contributed by atoms with Crippen molar-refractivity contribution in [3.63, 3.8) is 0 Å². The molecule has 1 aliphatic carbocycles. The highest BCUT2D eigenvalue weighted by atomic mass is 16.6. The number of aliphatic hydroxyl groups is 1. The van der Waals surface area contributed by atoms with Gasteiger partial charge >= 0.3 is 0 Å². The molecule has 0 saturated heterocycles. The van der Waals surface area contributed by atoms with Crippen molar-refractivity contribution in [2.45, 2.75) is 12.0 Å². The zero-order chi connectivity index (χ0) is 8.32. The molecule has 0 fully saturated rings. The third-order valence-electron chi connectivity index (χ3n) is 1.76. The Morgan fingerprint density at radius 3 is 2.64 bits per heavy atom. The molecule has 1 atom stereocenters. The van der Waals surface area contributed by atoms with E-state index in [-0.39, 0.29) is 6.42 Å². The van der Waals surface area contributed by atoms with Gasteiger partial charge in [-0.3, -0.25) is 10.1 Å². The third-order valence-corrected chi connectivity index (χ3v) is 1.76. The van der Waals surface area contributed by atoms with E-state index in [1.54, 1.807) is 18.2 Å². The van der Waals surface area contributed by atoms with Crippen molar-refractivity contribution in [2.75, 3.05) is 6.61 Å². The molecule has 1 unspecified atom stereocenters. The quantitative estimate of drug-likeness (QED) is 0.466. The lowest BCUT2D eigenvalue weighted by molar-refractivity contribution is -0.557. The van der Waals surface area contributed by atoms with Crippen molar-refractivity contribution in [1.29, 1.82) is 0 Å². The SMILES string of the molecule is O=[N+]([O-])C1(CO)C=CC=CC1. The maximum Gasteiger partial charge on any atom is 0.266 e. The monoisotopic (exact) mass is 155 g/mol. The van der Waals surface area contributed by atoms with Crippen LogP contribution in [0.3, 0.4) is 0 Å². The van der Waals surface area contributed by atoms with Gasteiger partial charge < -0.3 is 5.11 Å². The average Bonchev–Trinajstić information content (AvgIpc) is 2.05. The normalized spacial score (nSPS) is 28.8. The van der Waals surface area contributed by atoms with Crippen LogP contribution in [-0.2, 0) is 0 Å². The van der Waals surface area contributed by atoms with Crippen LogP contribution in [0.1, 0.15) is 6.42 Å². The first kappa shape index (κ1) is 7.94. The van der Waals surface area contributed by atoms with E-state index in [9.17, 15) is 10.1 Å². The summed E-state index contributed by atoms with van der Waals surface area (Å²) in [5, 5.41) is 19.3. The van der Waals surface area contributed by atoms with Crippen molar-refractivity contribution in [3.05, 3.63) is 34.4 Å². The minimum Gasteiger partial charge on any atom is -0.389 e. The van der Waals surface area contributed by atoms with E-state index in [0.29, 0.717) is 0 Å². The molecule has 0 aromatic rings. The first-order valence-corrected chi connectivity index (χ1v) is 3.31. The summed E-state index contributed by atoms with van der Waals surface area (Å²) in [6, 6.07) is 0. The largest absolute Gasteiger partial charge is 0.389 e. The van der Waals surface area contributed by atoms with Gasteiger partial charge in [0.2, 0.25) is 0 Å². The highest BCUT2D eigenvalue weighted by Crippen LogP contribution is 2.20. The van der Waals surface area contributed by atoms with E-state index in [4.69, 9.17) is 5.11 Å². The summed E-state index contributed by atoms with van der Waals surface area (Å²) in [6.45, 7) is -0.444. The molecular weight excluding hydrogens is 146 g/mol. The number of nitro groups is 1. The van der Waals surface area contributed by atoms with E-state index < -0.39 is 17.1 Å². The Morgan fingerprint density at radius 2 is 2.36 bits per heavy atom. The van der Waals surface area contributed by atoms with Crippen LogP contribution >= 0.6 is 0 Å². The van der Waals surface area contributed by atoms with Crippen molar-refractivity contribution < 1.29 is 10.0 Å². The van der Waals surface area contributed by atoms with E-state index >= 15 is 0 Å². The summed E-state index contributed by atoms with van der Waals surface area (Å²) in [5.74, 6) is 0. The van der Waals surface area contributed by atoms with Crippen LogP contribution < -0.4 is 0 Å². The molecule has 1 N–H and O–H groups in total. The molecule has 0 saturated carbocycles. The van der Waals surface area contributed by atoms with Crippen molar-refractivity contribution in [1.82, 2.24) is 0 Å². The van der Waals surface area contributed by atoms with Crippen LogP contribution in [0.15, 0.2) is 24.3 Å². The zero-order valence-corrected chi connectivity index (χ0v) is 5.93. The van der Waals surface area contributed by atoms with Crippen molar-refractivity contribution in [3.8, 4) is 0 Å². The molecule has 1 rings (SSSR count). The predicted molar refractivity (Wildman–Crippen MR) is 39.7 cm³/mol. The van der Waals surface area contributed by atoms with E-state index in [0.717, 1.165) is 0 Å². The molecule has 0 bridgehead atoms. The number of allylic oxidation sites excluding steroid dienone is 2. The number of rotatable bonds is 2. The number of aliphatic hydroxyl groups excluding tert-OH is 1. The molecule has 0 aliphatic heterocycles. The highest BCUT2D eigenvalue weighted by Gasteiger charge is 2.38. The maximum atomic E-state index is 10.5. The fraction of sp³-hybridized carbons (Fsp3) is 0.429. The second-order valence-corrected chi connectivity index (χ2v) is 2.51. The standard InChI is InChI=1S/C7H9NO3/c9-6-7(8(10)11)4-2-1-3-5-7/h1-4,9H,5-6H2. The smallest absolute Gasteiger partial charge is 0.266 e. The molecule has 4 heteroatoms. The van der Waals surface area contributed by atoms with Crippen molar-refractivity contribution >= 4 is 0 Å². The molecule has 0 amide bonds. The first-order chi connectivity index (χ1) is 5.21. The molecule has 1 aliphatic rings. The number of hydrogen-bond acceptors (Lipinski definition) is 3. The molecule has 0 heterocycles. The van der Waals surface area contributed by atoms with Gasteiger partial charge in [0.25, 0.3) is 5.54 Å². The molecule has 0 spiro atoms. The van der Waals surface area contributed by atoms with E-state index in [1.807, 2.05) is 0 Å². The number of nitrogens with zero attached hydrogens (tertiary/aromatic N) is 1. The highest BCUT2D eigenvalue weighted by molar-refractivity contribution is 5.17. The van der Waals surface area contributed by atoms with Gasteiger partial charge in [-0.1, -0.05) is 18.2 Å². The fourth-order valence-electron chi connectivity index (χ4n) is 0.964. The summed E-state index contributed by atoms with van der Waals surface area (Å²) in [5.41, 5.74) is -1.27. The lowest BCUT2D eigenvalue weighted by Crippen LogP contribution is -2.40. The Morgan fingerprint density at radius 1 is 1.64 bits per heavy atom. The molecular formula is C7H9NO3. The van der Waals surface area contributed by atoms with Crippen LogP contribution in [0.4, 0.5) is 0 Å². The summed E-state index contributed by atoms with van der Waals surface area (Å²) in [7, 11) is 0. The van der Waals surface area contributed by atoms with Crippen LogP contribution in [0.2, 0.25) is 0 Å². The van der Waals surface area contributed by atoms with Crippen LogP contribution in [0, 0.1) is 10.1 Å². The van der Waals surface area contributed by atoms with Gasteiger partial charge in [-0.25, -0.2) is 0 Å². The minimum absolute atomic E-state index is 0.271. The minimum atomic E-state index is -1.27. The van der Waals surface area contributed by atoms with Crippen LogP contribution in [0.25, 0.3) is 0 Å². The van der Waals surface area contributed by atoms with Gasteiger partial charge in [0.1, 0.15) is 6.61 Å². The Balaban J connectivity index is 2.85. The van der Waals surface area contributed by atoms with E-state index in [1.165, 1.54) is 6.08 Å². The Kier molecular flexibility index (Phi) is 2.05. The van der Waals surface area contributed by atoms with Gasteiger partial charge in [-0.2, -0.15) is 0 Å². The predicted octanol–water partition coefficient (Wildman–Crippen LogP) is 0.510. The van der Waals surface area contributed by atoms with Crippen molar-refractivity contribution in [2.24, 2.45) is 0 Å². The van der Waals surface area contributed by atoms with Crippen LogP contribution in [0.5, 0.6) is 0 Å². The second-order valence-electron chi connectivity index (χ2n) is 2.51. The topological polar surface area (TPSA) is 63.4 Å². The summed E-state index contributed by atoms with van der Waals surface area (Å²) >= 11 is 0. The van der Waals surface area contributed by atoms with Gasteiger partial charge in [-0.15, -0.1) is 0 Å². The van der Waals surface area contributed by atoms with E-state index in [2.05, 4.69) is 0 Å². The molecule has 60 valence electrons. The van der Waals surface area contributed by atoms with Gasteiger partial charge in [0, 0.05) is 11.3 Å². The first-order valence-electron chi connectivity index (χ1n) is 3.31. The molecule has 0 radical (unpaired) electrons. The Bertz CT molecular complexity index is 222.